The van der Waals surface area contributed by atoms with Gasteiger partial charge in [0, 0.05) is 29.3 Å². The van der Waals surface area contributed by atoms with Gasteiger partial charge < -0.3 is 37.5 Å². The van der Waals surface area contributed by atoms with Crippen LogP contribution in [0.5, 0.6) is 0 Å². The summed E-state index contributed by atoms with van der Waals surface area (Å²) in [6.45, 7) is 0. The number of benzene rings is 2. The van der Waals surface area contributed by atoms with E-state index in [0.717, 1.165) is 16.5 Å². The number of rotatable bonds is 14. The second-order valence-corrected chi connectivity index (χ2v) is 9.60. The summed E-state index contributed by atoms with van der Waals surface area (Å²) in [7, 11) is 0. The van der Waals surface area contributed by atoms with Gasteiger partial charge in [0.2, 0.25) is 23.6 Å². The zero-order valence-corrected chi connectivity index (χ0v) is 22.4. The minimum Gasteiger partial charge on any atom is -0.480 e. The fourth-order valence-electron chi connectivity index (χ4n) is 4.11. The molecule has 3 aromatic rings. The van der Waals surface area contributed by atoms with E-state index in [0.29, 0.717) is 5.56 Å². The number of H-pyrrole nitrogens is 1. The second kappa shape index (κ2) is 14.1. The Morgan fingerprint density at radius 3 is 2.08 bits per heavy atom. The fraction of sp³-hybridized carbons (Fsp3) is 0.296. The van der Waals surface area contributed by atoms with Crippen LogP contribution in [0.25, 0.3) is 10.9 Å². The number of primary amides is 1. The molecule has 13 heteroatoms. The predicted octanol–water partition coefficient (Wildman–Crippen LogP) is -0.375. The number of hydrogen-bond donors (Lipinski definition) is 8. The molecule has 9 N–H and O–H groups in total. The summed E-state index contributed by atoms with van der Waals surface area (Å²) in [6, 6.07) is 11.4. The average molecular weight is 569 g/mol. The summed E-state index contributed by atoms with van der Waals surface area (Å²) >= 11 is 3.90. The summed E-state index contributed by atoms with van der Waals surface area (Å²) in [5.74, 6) is -4.78. The first-order chi connectivity index (χ1) is 19.1. The molecule has 12 nitrogen and oxygen atoms in total. The van der Waals surface area contributed by atoms with Crippen LogP contribution in [0.15, 0.2) is 60.8 Å². The van der Waals surface area contributed by atoms with E-state index >= 15 is 0 Å². The molecule has 4 unspecified atom stereocenters. The van der Waals surface area contributed by atoms with Crippen molar-refractivity contribution in [1.82, 2.24) is 20.9 Å². The van der Waals surface area contributed by atoms with E-state index in [9.17, 15) is 29.1 Å². The molecule has 1 aromatic heterocycles. The van der Waals surface area contributed by atoms with Gasteiger partial charge in [0.05, 0.1) is 12.5 Å². The van der Waals surface area contributed by atoms with Crippen molar-refractivity contribution in [1.29, 1.82) is 0 Å². The van der Waals surface area contributed by atoms with Gasteiger partial charge in [-0.25, -0.2) is 4.79 Å². The summed E-state index contributed by atoms with van der Waals surface area (Å²) in [5.41, 5.74) is 13.9. The highest BCUT2D eigenvalue weighted by Crippen LogP contribution is 2.19. The second-order valence-electron chi connectivity index (χ2n) is 9.23. The number of fused-ring (bicyclic) bond motifs is 1. The van der Waals surface area contributed by atoms with Crippen LogP contribution in [0.2, 0.25) is 0 Å². The van der Waals surface area contributed by atoms with Crippen LogP contribution in [0.4, 0.5) is 0 Å². The minimum atomic E-state index is -1.48. The summed E-state index contributed by atoms with van der Waals surface area (Å²) in [6.07, 6.45) is 1.43. The fourth-order valence-corrected chi connectivity index (χ4v) is 4.36. The lowest BCUT2D eigenvalue weighted by Crippen LogP contribution is -2.58. The van der Waals surface area contributed by atoms with Crippen LogP contribution < -0.4 is 27.4 Å². The van der Waals surface area contributed by atoms with Gasteiger partial charge in [0.1, 0.15) is 18.1 Å². The Labute approximate surface area is 235 Å². The molecule has 0 saturated carbocycles. The van der Waals surface area contributed by atoms with Crippen molar-refractivity contribution in [3.8, 4) is 0 Å². The van der Waals surface area contributed by atoms with Gasteiger partial charge in [-0.15, -0.1) is 0 Å². The maximum absolute atomic E-state index is 13.3. The zero-order chi connectivity index (χ0) is 29.2. The van der Waals surface area contributed by atoms with E-state index < -0.39 is 60.2 Å². The lowest BCUT2D eigenvalue weighted by atomic mass is 10.0. The first-order valence-corrected chi connectivity index (χ1v) is 13.1. The lowest BCUT2D eigenvalue weighted by Gasteiger charge is -2.24. The van der Waals surface area contributed by atoms with Crippen LogP contribution in [0.1, 0.15) is 17.5 Å². The molecule has 0 fully saturated rings. The Hall–Kier alpha value is -4.36. The SMILES string of the molecule is NC(=O)CC(NC(=O)C(Cc1ccccc1)NC(=O)C(N)Cc1c[nH]c2ccccc12)C(=O)NC(CS)C(=O)O. The average Bonchev–Trinajstić information content (AvgIpc) is 3.33. The number of para-hydroxylation sites is 1. The van der Waals surface area contributed by atoms with Gasteiger partial charge in [-0.2, -0.15) is 12.6 Å². The molecule has 0 aliphatic rings. The maximum atomic E-state index is 13.3. The van der Waals surface area contributed by atoms with Gasteiger partial charge in [0.25, 0.3) is 0 Å². The summed E-state index contributed by atoms with van der Waals surface area (Å²) < 4.78 is 0. The van der Waals surface area contributed by atoms with Crippen molar-refractivity contribution < 1.29 is 29.1 Å². The molecule has 0 bridgehead atoms. The number of thiol groups is 1. The summed E-state index contributed by atoms with van der Waals surface area (Å²) in [4.78, 5) is 65.3. The van der Waals surface area contributed by atoms with Crippen molar-refractivity contribution in [2.45, 2.75) is 43.4 Å². The summed E-state index contributed by atoms with van der Waals surface area (Å²) in [5, 5.41) is 17.4. The molecule has 0 aliphatic heterocycles. The molecule has 2 aromatic carbocycles. The Morgan fingerprint density at radius 1 is 0.825 bits per heavy atom. The van der Waals surface area contributed by atoms with Gasteiger partial charge in [-0.1, -0.05) is 48.5 Å². The highest BCUT2D eigenvalue weighted by molar-refractivity contribution is 7.80. The predicted molar refractivity (Wildman–Crippen MR) is 151 cm³/mol. The van der Waals surface area contributed by atoms with Crippen molar-refractivity contribution in [2.75, 3.05) is 5.75 Å². The number of carbonyl (C=O) groups is 5. The first-order valence-electron chi connectivity index (χ1n) is 12.5. The highest BCUT2D eigenvalue weighted by Gasteiger charge is 2.31. The van der Waals surface area contributed by atoms with E-state index in [-0.39, 0.29) is 18.6 Å². The molecule has 1 heterocycles. The highest BCUT2D eigenvalue weighted by atomic mass is 32.1. The molecule has 4 atom stereocenters. The molecule has 40 heavy (non-hydrogen) atoms. The van der Waals surface area contributed by atoms with E-state index in [1.54, 1.807) is 36.5 Å². The minimum absolute atomic E-state index is 0.0531. The molecule has 4 amide bonds. The Bertz CT molecular complexity index is 1360. The van der Waals surface area contributed by atoms with E-state index in [2.05, 4.69) is 33.6 Å². The lowest BCUT2D eigenvalue weighted by molar-refractivity contribution is -0.141. The van der Waals surface area contributed by atoms with E-state index in [1.165, 1.54) is 0 Å². The van der Waals surface area contributed by atoms with Crippen molar-refractivity contribution >= 4 is 53.1 Å². The standard InChI is InChI=1S/C27H32N6O6S/c28-18(11-16-13-30-19-9-5-4-8-17(16)19)24(35)31-20(10-15-6-2-1-3-7-15)25(36)32-21(12-23(29)34)26(37)33-22(14-40)27(38)39/h1-9,13,18,20-22,30,40H,10-12,14,28H2,(H2,29,34)(H,31,35)(H,32,36)(H,33,37)(H,38,39). The Balaban J connectivity index is 1.77. The zero-order valence-electron chi connectivity index (χ0n) is 21.5. The molecular formula is C27H32N6O6S. The van der Waals surface area contributed by atoms with Crippen LogP contribution in [0, 0.1) is 0 Å². The number of amides is 4. The maximum Gasteiger partial charge on any atom is 0.327 e. The molecule has 3 rings (SSSR count). The Morgan fingerprint density at radius 2 is 1.43 bits per heavy atom. The number of carboxylic acid groups (broad SMARTS) is 1. The quantitative estimate of drug-likeness (QED) is 0.121. The van der Waals surface area contributed by atoms with Crippen LogP contribution in [-0.4, -0.2) is 69.6 Å². The third-order valence-electron chi connectivity index (χ3n) is 6.20. The number of aromatic amines is 1. The van der Waals surface area contributed by atoms with Crippen molar-refractivity contribution in [3.63, 3.8) is 0 Å². The van der Waals surface area contributed by atoms with E-state index in [4.69, 9.17) is 11.5 Å². The number of carbonyl (C=O) groups excluding carboxylic acids is 4. The number of nitrogens with two attached hydrogens (primary N) is 2. The largest absolute Gasteiger partial charge is 0.480 e. The normalized spacial score (nSPS) is 13.9. The number of aliphatic carboxylic acids is 1. The van der Waals surface area contributed by atoms with Crippen molar-refractivity contribution in [3.05, 3.63) is 71.9 Å². The number of nitrogens with one attached hydrogen (secondary N) is 4. The number of aromatic nitrogens is 1. The molecular weight excluding hydrogens is 536 g/mol. The third kappa shape index (κ3) is 8.32. The molecule has 0 aliphatic carbocycles. The Kier molecular flexibility index (Phi) is 10.7. The molecule has 0 radical (unpaired) electrons. The van der Waals surface area contributed by atoms with Crippen molar-refractivity contribution in [2.24, 2.45) is 11.5 Å². The molecule has 212 valence electrons. The van der Waals surface area contributed by atoms with E-state index in [1.807, 2.05) is 24.3 Å². The van der Waals surface area contributed by atoms with Gasteiger partial charge in [-0.3, -0.25) is 19.2 Å². The number of carboxylic acids is 1. The monoisotopic (exact) mass is 568 g/mol. The number of hydrogen-bond acceptors (Lipinski definition) is 7. The molecule has 0 spiro atoms. The van der Waals surface area contributed by atoms with Crippen LogP contribution >= 0.6 is 12.6 Å². The smallest absolute Gasteiger partial charge is 0.327 e. The van der Waals surface area contributed by atoms with Gasteiger partial charge in [-0.05, 0) is 23.6 Å². The topological polar surface area (TPSA) is 209 Å². The third-order valence-corrected chi connectivity index (χ3v) is 6.57. The van der Waals surface area contributed by atoms with Gasteiger partial charge in [0.15, 0.2) is 0 Å². The first kappa shape index (κ1) is 30.2. The van der Waals surface area contributed by atoms with Crippen LogP contribution in [0.3, 0.4) is 0 Å². The van der Waals surface area contributed by atoms with Crippen LogP contribution in [-0.2, 0) is 36.8 Å². The molecule has 0 saturated heterocycles. The van der Waals surface area contributed by atoms with Gasteiger partial charge >= 0.3 is 5.97 Å².